The van der Waals surface area contributed by atoms with Crippen LogP contribution in [0.4, 0.5) is 5.82 Å². The van der Waals surface area contributed by atoms with E-state index in [1.807, 2.05) is 19.2 Å². The Balaban J connectivity index is 2.37. The summed E-state index contributed by atoms with van der Waals surface area (Å²) in [6.45, 7) is 7.43. The molecular weight excluding hydrogens is 234 g/mol. The van der Waals surface area contributed by atoms with Crippen LogP contribution in [0, 0.1) is 24.2 Å². The second kappa shape index (κ2) is 6.06. The van der Waals surface area contributed by atoms with E-state index < -0.39 is 0 Å². The Hall–Kier alpha value is -1.56. The molecule has 0 aromatic carbocycles. The van der Waals surface area contributed by atoms with Crippen LogP contribution in [0.2, 0.25) is 0 Å². The molecule has 0 atom stereocenters. The predicted octanol–water partition coefficient (Wildman–Crippen LogP) is 3.67. The fraction of sp³-hybridized carbons (Fsp3) is 0.625. The van der Waals surface area contributed by atoms with Crippen molar-refractivity contribution in [1.29, 1.82) is 5.26 Å². The van der Waals surface area contributed by atoms with Crippen LogP contribution in [0.1, 0.15) is 50.7 Å². The Morgan fingerprint density at radius 3 is 2.68 bits per heavy atom. The maximum absolute atomic E-state index is 9.41. The summed E-state index contributed by atoms with van der Waals surface area (Å²) < 4.78 is 0. The van der Waals surface area contributed by atoms with Crippen LogP contribution < -0.4 is 4.90 Å². The maximum Gasteiger partial charge on any atom is 0.147 e. The molecule has 0 bridgehead atoms. The van der Waals surface area contributed by atoms with E-state index in [4.69, 9.17) is 0 Å². The molecule has 19 heavy (non-hydrogen) atoms. The number of rotatable bonds is 4. The van der Waals surface area contributed by atoms with Gasteiger partial charge in [-0.25, -0.2) is 4.98 Å². The fourth-order valence-electron chi connectivity index (χ4n) is 2.92. The topological polar surface area (TPSA) is 39.9 Å². The van der Waals surface area contributed by atoms with Gasteiger partial charge in [0, 0.05) is 18.8 Å². The van der Waals surface area contributed by atoms with Crippen molar-refractivity contribution in [2.45, 2.75) is 52.5 Å². The highest BCUT2D eigenvalue weighted by molar-refractivity contribution is 5.57. The Labute approximate surface area is 116 Å². The van der Waals surface area contributed by atoms with E-state index in [1.54, 1.807) is 0 Å². The normalized spacial score (nSPS) is 15.7. The quantitative estimate of drug-likeness (QED) is 0.826. The van der Waals surface area contributed by atoms with Crippen molar-refractivity contribution in [2.24, 2.45) is 5.92 Å². The zero-order chi connectivity index (χ0) is 13.8. The molecule has 102 valence electrons. The highest BCUT2D eigenvalue weighted by Crippen LogP contribution is 2.30. The van der Waals surface area contributed by atoms with Crippen LogP contribution in [0.25, 0.3) is 0 Å². The Morgan fingerprint density at radius 2 is 2.11 bits per heavy atom. The first-order chi connectivity index (χ1) is 9.13. The van der Waals surface area contributed by atoms with Gasteiger partial charge >= 0.3 is 0 Å². The van der Waals surface area contributed by atoms with Gasteiger partial charge in [-0.3, -0.25) is 0 Å². The van der Waals surface area contributed by atoms with Crippen LogP contribution in [-0.2, 0) is 0 Å². The molecule has 0 unspecified atom stereocenters. The van der Waals surface area contributed by atoms with Gasteiger partial charge in [0.2, 0.25) is 0 Å². The molecule has 0 radical (unpaired) electrons. The molecule has 1 saturated carbocycles. The zero-order valence-corrected chi connectivity index (χ0v) is 12.2. The molecule has 1 heterocycles. The molecule has 1 aliphatic rings. The van der Waals surface area contributed by atoms with Gasteiger partial charge in [0.1, 0.15) is 11.9 Å². The van der Waals surface area contributed by atoms with Crippen LogP contribution in [0.15, 0.2) is 12.3 Å². The third kappa shape index (κ3) is 3.07. The van der Waals surface area contributed by atoms with Crippen molar-refractivity contribution in [3.05, 3.63) is 23.4 Å². The summed E-state index contributed by atoms with van der Waals surface area (Å²) >= 11 is 0. The number of pyridine rings is 1. The lowest BCUT2D eigenvalue weighted by Crippen LogP contribution is -2.37. The smallest absolute Gasteiger partial charge is 0.147 e. The largest absolute Gasteiger partial charge is 0.352 e. The highest BCUT2D eigenvalue weighted by atomic mass is 15.2. The van der Waals surface area contributed by atoms with Crippen molar-refractivity contribution in [3.8, 4) is 6.07 Å². The summed E-state index contributed by atoms with van der Waals surface area (Å²) in [5, 5.41) is 9.41. The summed E-state index contributed by atoms with van der Waals surface area (Å²) in [4.78, 5) is 6.89. The monoisotopic (exact) mass is 257 g/mol. The first-order valence-corrected chi connectivity index (χ1v) is 7.25. The van der Waals surface area contributed by atoms with E-state index >= 15 is 0 Å². The van der Waals surface area contributed by atoms with E-state index in [-0.39, 0.29) is 0 Å². The summed E-state index contributed by atoms with van der Waals surface area (Å²) in [6, 6.07) is 4.82. The molecule has 1 aromatic heterocycles. The second-order valence-electron chi connectivity index (χ2n) is 5.92. The highest BCUT2D eigenvalue weighted by Gasteiger charge is 2.26. The lowest BCUT2D eigenvalue weighted by Gasteiger charge is -2.32. The van der Waals surface area contributed by atoms with Crippen molar-refractivity contribution < 1.29 is 0 Å². The van der Waals surface area contributed by atoms with Crippen LogP contribution >= 0.6 is 0 Å². The number of hydrogen-bond donors (Lipinski definition) is 0. The van der Waals surface area contributed by atoms with Gasteiger partial charge in [-0.05, 0) is 37.3 Å². The van der Waals surface area contributed by atoms with Gasteiger partial charge in [0.25, 0.3) is 0 Å². The average molecular weight is 257 g/mol. The molecule has 0 saturated heterocycles. The Morgan fingerprint density at radius 1 is 1.42 bits per heavy atom. The van der Waals surface area contributed by atoms with E-state index in [9.17, 15) is 5.26 Å². The summed E-state index contributed by atoms with van der Waals surface area (Å²) in [6.07, 6.45) is 6.88. The average Bonchev–Trinajstić information content (AvgIpc) is 2.89. The van der Waals surface area contributed by atoms with E-state index in [2.05, 4.69) is 29.8 Å². The van der Waals surface area contributed by atoms with Crippen LogP contribution in [0.3, 0.4) is 0 Å². The minimum Gasteiger partial charge on any atom is -0.352 e. The number of hydrogen-bond acceptors (Lipinski definition) is 3. The van der Waals surface area contributed by atoms with E-state index in [0.29, 0.717) is 12.0 Å². The molecule has 0 amide bonds. The van der Waals surface area contributed by atoms with Crippen molar-refractivity contribution >= 4 is 5.82 Å². The first-order valence-electron chi connectivity index (χ1n) is 7.25. The molecule has 1 aliphatic carbocycles. The molecule has 0 spiro atoms. The molecule has 3 heteroatoms. The standard InChI is InChI=1S/C16H23N3/c1-12(2)11-19(14-6-4-5-7-14)16-15(10-17)13(3)8-9-18-16/h8-9,12,14H,4-7,11H2,1-3H3. The molecule has 3 nitrogen and oxygen atoms in total. The van der Waals surface area contributed by atoms with Gasteiger partial charge in [0.05, 0.1) is 5.56 Å². The Bertz CT molecular complexity index is 467. The van der Waals surface area contributed by atoms with Crippen LogP contribution in [-0.4, -0.2) is 17.6 Å². The van der Waals surface area contributed by atoms with Gasteiger partial charge in [0.15, 0.2) is 0 Å². The molecule has 1 aromatic rings. The van der Waals surface area contributed by atoms with Gasteiger partial charge in [-0.2, -0.15) is 5.26 Å². The third-order valence-electron chi connectivity index (χ3n) is 3.85. The number of aryl methyl sites for hydroxylation is 1. The number of nitriles is 1. The van der Waals surface area contributed by atoms with Gasteiger partial charge in [-0.1, -0.05) is 26.7 Å². The summed E-state index contributed by atoms with van der Waals surface area (Å²) in [5.74, 6) is 1.47. The van der Waals surface area contributed by atoms with Crippen molar-refractivity contribution in [2.75, 3.05) is 11.4 Å². The number of nitrogens with zero attached hydrogens (tertiary/aromatic N) is 3. The predicted molar refractivity (Wildman–Crippen MR) is 78.1 cm³/mol. The number of anilines is 1. The third-order valence-corrected chi connectivity index (χ3v) is 3.85. The molecule has 1 fully saturated rings. The van der Waals surface area contributed by atoms with Gasteiger partial charge in [-0.15, -0.1) is 0 Å². The van der Waals surface area contributed by atoms with Crippen LogP contribution in [0.5, 0.6) is 0 Å². The van der Waals surface area contributed by atoms with Gasteiger partial charge < -0.3 is 4.90 Å². The SMILES string of the molecule is Cc1ccnc(N(CC(C)C)C2CCCC2)c1C#N. The van der Waals surface area contributed by atoms with Crippen molar-refractivity contribution in [1.82, 2.24) is 4.98 Å². The summed E-state index contributed by atoms with van der Waals surface area (Å²) in [5.41, 5.74) is 1.77. The molecule has 0 N–H and O–H groups in total. The minimum atomic E-state index is 0.559. The second-order valence-corrected chi connectivity index (χ2v) is 5.92. The number of aromatic nitrogens is 1. The zero-order valence-electron chi connectivity index (χ0n) is 12.2. The molecule has 0 aliphatic heterocycles. The fourth-order valence-corrected chi connectivity index (χ4v) is 2.92. The maximum atomic E-state index is 9.41. The molecule has 2 rings (SSSR count). The molecular formula is C16H23N3. The Kier molecular flexibility index (Phi) is 4.42. The summed E-state index contributed by atoms with van der Waals surface area (Å²) in [7, 11) is 0. The van der Waals surface area contributed by atoms with E-state index in [1.165, 1.54) is 25.7 Å². The first kappa shape index (κ1) is 13.9. The minimum absolute atomic E-state index is 0.559. The lowest BCUT2D eigenvalue weighted by atomic mass is 10.1. The van der Waals surface area contributed by atoms with E-state index in [0.717, 1.165) is 23.5 Å². The lowest BCUT2D eigenvalue weighted by molar-refractivity contribution is 0.530. The van der Waals surface area contributed by atoms with Crippen molar-refractivity contribution in [3.63, 3.8) is 0 Å².